The Bertz CT molecular complexity index is 742. The van der Waals surface area contributed by atoms with Crippen molar-refractivity contribution < 1.29 is 9.72 Å². The zero-order chi connectivity index (χ0) is 16.8. The third kappa shape index (κ3) is 4.93. The second-order valence-corrected chi connectivity index (χ2v) is 5.40. The smallest absolute Gasteiger partial charge is 0.269 e. The normalized spacial score (nSPS) is 12.1. The number of halogens is 1. The van der Waals surface area contributed by atoms with Crippen molar-refractivity contribution >= 4 is 29.3 Å². The molecule has 0 bridgehead atoms. The van der Waals surface area contributed by atoms with Gasteiger partial charge in [-0.2, -0.15) is 0 Å². The van der Waals surface area contributed by atoms with E-state index in [1.165, 1.54) is 18.2 Å². The molecule has 0 fully saturated rings. The van der Waals surface area contributed by atoms with E-state index in [9.17, 15) is 14.9 Å². The summed E-state index contributed by atoms with van der Waals surface area (Å²) in [6.45, 7) is 1.86. The third-order valence-corrected chi connectivity index (χ3v) is 3.47. The molecule has 0 spiro atoms. The molecule has 0 saturated carbocycles. The molecule has 0 aliphatic heterocycles. The first kappa shape index (κ1) is 16.7. The van der Waals surface area contributed by atoms with E-state index >= 15 is 0 Å². The summed E-state index contributed by atoms with van der Waals surface area (Å²) in [5.41, 5.74) is 1.64. The van der Waals surface area contributed by atoms with Gasteiger partial charge in [0.15, 0.2) is 0 Å². The van der Waals surface area contributed by atoms with Crippen molar-refractivity contribution in [2.24, 2.45) is 0 Å². The second kappa shape index (κ2) is 7.56. The van der Waals surface area contributed by atoms with E-state index in [4.69, 9.17) is 11.6 Å². The third-order valence-electron chi connectivity index (χ3n) is 3.24. The maximum absolute atomic E-state index is 11.9. The summed E-state index contributed by atoms with van der Waals surface area (Å²) in [5, 5.41) is 14.0. The molecule has 1 amide bonds. The average Bonchev–Trinajstić information content (AvgIpc) is 2.53. The summed E-state index contributed by atoms with van der Waals surface area (Å²) >= 11 is 5.93. The van der Waals surface area contributed by atoms with Crippen molar-refractivity contribution in [2.45, 2.75) is 13.0 Å². The highest BCUT2D eigenvalue weighted by atomic mass is 35.5. The predicted octanol–water partition coefficient (Wildman–Crippen LogP) is 4.14. The van der Waals surface area contributed by atoms with Gasteiger partial charge in [0.2, 0.25) is 5.91 Å². The monoisotopic (exact) mass is 330 g/mol. The van der Waals surface area contributed by atoms with Crippen molar-refractivity contribution in [3.05, 3.63) is 80.9 Å². The largest absolute Gasteiger partial charge is 0.346 e. The van der Waals surface area contributed by atoms with E-state index in [-0.39, 0.29) is 17.6 Å². The molecule has 0 aromatic heterocycles. The molecule has 2 rings (SSSR count). The lowest BCUT2D eigenvalue weighted by Gasteiger charge is -2.13. The van der Waals surface area contributed by atoms with Gasteiger partial charge in [0.05, 0.1) is 11.0 Å². The van der Waals surface area contributed by atoms with Crippen molar-refractivity contribution in [1.82, 2.24) is 5.32 Å². The summed E-state index contributed by atoms with van der Waals surface area (Å²) in [7, 11) is 0. The molecule has 5 nitrogen and oxygen atoms in total. The molecular weight excluding hydrogens is 316 g/mol. The van der Waals surface area contributed by atoms with Crippen LogP contribution in [0, 0.1) is 10.1 Å². The molecule has 0 aliphatic rings. The highest BCUT2D eigenvalue weighted by Gasteiger charge is 2.08. The lowest BCUT2D eigenvalue weighted by molar-refractivity contribution is -0.384. The number of hydrogen-bond donors (Lipinski definition) is 1. The van der Waals surface area contributed by atoms with Crippen LogP contribution in [0.5, 0.6) is 0 Å². The molecule has 6 heteroatoms. The Kier molecular flexibility index (Phi) is 5.49. The van der Waals surface area contributed by atoms with E-state index < -0.39 is 4.92 Å². The number of hydrogen-bond acceptors (Lipinski definition) is 3. The van der Waals surface area contributed by atoms with Crippen LogP contribution in [0.25, 0.3) is 6.08 Å². The average molecular weight is 331 g/mol. The van der Waals surface area contributed by atoms with Gasteiger partial charge in [-0.25, -0.2) is 0 Å². The van der Waals surface area contributed by atoms with Gasteiger partial charge in [-0.1, -0.05) is 23.7 Å². The molecule has 2 aromatic carbocycles. The number of rotatable bonds is 5. The van der Waals surface area contributed by atoms with Gasteiger partial charge in [0.25, 0.3) is 5.69 Å². The van der Waals surface area contributed by atoms with E-state index in [0.29, 0.717) is 10.6 Å². The van der Waals surface area contributed by atoms with Crippen LogP contribution in [0.4, 0.5) is 5.69 Å². The first-order valence-electron chi connectivity index (χ1n) is 6.94. The fourth-order valence-corrected chi connectivity index (χ4v) is 2.20. The number of carbonyl (C=O) groups is 1. The van der Waals surface area contributed by atoms with Crippen LogP contribution >= 0.6 is 11.6 Å². The van der Waals surface area contributed by atoms with Crippen LogP contribution in [-0.4, -0.2) is 10.8 Å². The molecule has 1 atom stereocenters. The first-order valence-corrected chi connectivity index (χ1v) is 7.32. The maximum atomic E-state index is 11.9. The van der Waals surface area contributed by atoms with Crippen LogP contribution in [-0.2, 0) is 4.79 Å². The maximum Gasteiger partial charge on any atom is 0.269 e. The summed E-state index contributed by atoms with van der Waals surface area (Å²) in [5.74, 6) is -0.254. The summed E-state index contributed by atoms with van der Waals surface area (Å²) in [6.07, 6.45) is 2.99. The van der Waals surface area contributed by atoms with Crippen LogP contribution < -0.4 is 5.32 Å². The number of amides is 1. The van der Waals surface area contributed by atoms with Gasteiger partial charge >= 0.3 is 0 Å². The molecule has 1 N–H and O–H groups in total. The first-order chi connectivity index (χ1) is 11.0. The van der Waals surface area contributed by atoms with E-state index in [2.05, 4.69) is 5.32 Å². The fourth-order valence-electron chi connectivity index (χ4n) is 2.00. The zero-order valence-electron chi connectivity index (χ0n) is 12.4. The summed E-state index contributed by atoms with van der Waals surface area (Å²) in [4.78, 5) is 22.0. The van der Waals surface area contributed by atoms with Gasteiger partial charge in [0.1, 0.15) is 0 Å². The zero-order valence-corrected chi connectivity index (χ0v) is 13.2. The van der Waals surface area contributed by atoms with Gasteiger partial charge in [-0.15, -0.1) is 0 Å². The number of nitrogens with one attached hydrogen (secondary N) is 1. The van der Waals surface area contributed by atoms with E-state index in [1.54, 1.807) is 30.3 Å². The number of non-ortho nitro benzene ring substituents is 1. The Labute approximate surface area is 138 Å². The highest BCUT2D eigenvalue weighted by molar-refractivity contribution is 6.30. The van der Waals surface area contributed by atoms with Gasteiger partial charge in [-0.3, -0.25) is 14.9 Å². The van der Waals surface area contributed by atoms with Crippen LogP contribution in [0.1, 0.15) is 24.1 Å². The number of carbonyl (C=O) groups excluding carboxylic acids is 1. The molecule has 0 heterocycles. The van der Waals surface area contributed by atoms with Gasteiger partial charge in [-0.05, 0) is 48.4 Å². The molecule has 23 heavy (non-hydrogen) atoms. The molecule has 0 radical (unpaired) electrons. The summed E-state index contributed by atoms with van der Waals surface area (Å²) in [6, 6.07) is 13.1. The van der Waals surface area contributed by atoms with Crippen molar-refractivity contribution in [3.63, 3.8) is 0 Å². The van der Waals surface area contributed by atoms with Crippen LogP contribution in [0.15, 0.2) is 54.6 Å². The molecule has 0 saturated heterocycles. The van der Waals surface area contributed by atoms with E-state index in [0.717, 1.165) is 5.56 Å². The van der Waals surface area contributed by atoms with E-state index in [1.807, 2.05) is 19.1 Å². The minimum Gasteiger partial charge on any atom is -0.346 e. The second-order valence-electron chi connectivity index (χ2n) is 4.97. The SMILES string of the molecule is CC(NC(=O)/C=C/c1ccc([N+](=O)[O-])cc1)c1cccc(Cl)c1. The standard InChI is InChI=1S/C17H15ClN2O3/c1-12(14-3-2-4-15(18)11-14)19-17(21)10-7-13-5-8-16(9-6-13)20(22)23/h2-12H,1H3,(H,19,21)/b10-7+. The van der Waals surface area contributed by atoms with Gasteiger partial charge < -0.3 is 5.32 Å². The Hall–Kier alpha value is -2.66. The van der Waals surface area contributed by atoms with Crippen molar-refractivity contribution in [2.75, 3.05) is 0 Å². The molecule has 2 aromatic rings. The number of nitro benzene ring substituents is 1. The number of nitro groups is 1. The Morgan fingerprint density at radius 2 is 1.96 bits per heavy atom. The molecule has 118 valence electrons. The quantitative estimate of drug-likeness (QED) is 0.508. The van der Waals surface area contributed by atoms with Crippen molar-refractivity contribution in [1.29, 1.82) is 0 Å². The number of benzene rings is 2. The van der Waals surface area contributed by atoms with Gasteiger partial charge in [0, 0.05) is 23.2 Å². The number of nitrogens with zero attached hydrogens (tertiary/aromatic N) is 1. The topological polar surface area (TPSA) is 72.2 Å². The highest BCUT2D eigenvalue weighted by Crippen LogP contribution is 2.17. The predicted molar refractivity (Wildman–Crippen MR) is 90.1 cm³/mol. The minimum atomic E-state index is -0.465. The Morgan fingerprint density at radius 3 is 2.57 bits per heavy atom. The fraction of sp³-hybridized carbons (Fsp3) is 0.118. The van der Waals surface area contributed by atoms with Crippen molar-refractivity contribution in [3.8, 4) is 0 Å². The molecule has 1 unspecified atom stereocenters. The lowest BCUT2D eigenvalue weighted by Crippen LogP contribution is -2.24. The molecular formula is C17H15ClN2O3. The Morgan fingerprint density at radius 1 is 1.26 bits per heavy atom. The minimum absolute atomic E-state index is 0.0150. The van der Waals surface area contributed by atoms with Crippen LogP contribution in [0.2, 0.25) is 5.02 Å². The van der Waals surface area contributed by atoms with Crippen LogP contribution in [0.3, 0.4) is 0 Å². The summed E-state index contributed by atoms with van der Waals surface area (Å²) < 4.78 is 0. The molecule has 0 aliphatic carbocycles. The lowest BCUT2D eigenvalue weighted by atomic mass is 10.1. The Balaban J connectivity index is 1.97.